The largest absolute Gasteiger partial charge is 0.345 e. The van der Waals surface area contributed by atoms with Gasteiger partial charge in [0.1, 0.15) is 5.82 Å². The molecule has 0 saturated heterocycles. The van der Waals surface area contributed by atoms with Crippen LogP contribution in [0.4, 0.5) is 11.5 Å². The molecule has 5 heteroatoms. The van der Waals surface area contributed by atoms with Gasteiger partial charge >= 0.3 is 0 Å². The minimum absolute atomic E-state index is 0.0997. The maximum absolute atomic E-state index is 12.7. The predicted molar refractivity (Wildman–Crippen MR) is 101 cm³/mol. The number of nitrogens with zero attached hydrogens (tertiary/aromatic N) is 1. The van der Waals surface area contributed by atoms with E-state index in [1.807, 2.05) is 49.4 Å². The summed E-state index contributed by atoms with van der Waals surface area (Å²) in [6, 6.07) is 20.5. The lowest BCUT2D eigenvalue weighted by Crippen LogP contribution is -2.27. The second kappa shape index (κ2) is 7.81. The third-order valence-corrected chi connectivity index (χ3v) is 4.06. The van der Waals surface area contributed by atoms with Crippen LogP contribution in [0.5, 0.6) is 0 Å². The third kappa shape index (κ3) is 4.37. The second-order valence-electron chi connectivity index (χ2n) is 5.64. The molecule has 1 aromatic heterocycles. The third-order valence-electron chi connectivity index (χ3n) is 3.81. The standard InChI is InChI=1S/C20H18ClN3O/c1-14(15-6-3-2-4-7-15)23-20(25)18-8-5-13-22-19(18)24-17-11-9-16(21)10-12-17/h2-14H,1H3,(H,22,24)(H,23,25). The molecule has 0 fully saturated rings. The van der Waals surface area contributed by atoms with Crippen molar-refractivity contribution in [2.45, 2.75) is 13.0 Å². The number of amides is 1. The van der Waals surface area contributed by atoms with Gasteiger partial charge in [-0.3, -0.25) is 4.79 Å². The van der Waals surface area contributed by atoms with E-state index in [-0.39, 0.29) is 11.9 Å². The summed E-state index contributed by atoms with van der Waals surface area (Å²) in [5, 5.41) is 6.82. The molecule has 3 rings (SSSR count). The molecule has 1 heterocycles. The molecule has 0 spiro atoms. The highest BCUT2D eigenvalue weighted by molar-refractivity contribution is 6.30. The maximum atomic E-state index is 12.7. The molecular formula is C20H18ClN3O. The lowest BCUT2D eigenvalue weighted by atomic mass is 10.1. The highest BCUT2D eigenvalue weighted by Crippen LogP contribution is 2.21. The Kier molecular flexibility index (Phi) is 5.31. The number of nitrogens with one attached hydrogen (secondary N) is 2. The molecule has 126 valence electrons. The summed E-state index contributed by atoms with van der Waals surface area (Å²) < 4.78 is 0. The van der Waals surface area contributed by atoms with E-state index in [0.717, 1.165) is 11.3 Å². The molecule has 4 nitrogen and oxygen atoms in total. The highest BCUT2D eigenvalue weighted by atomic mass is 35.5. The summed E-state index contributed by atoms with van der Waals surface area (Å²) in [5.41, 5.74) is 2.35. The second-order valence-corrected chi connectivity index (χ2v) is 6.07. The van der Waals surface area contributed by atoms with Crippen molar-refractivity contribution in [1.82, 2.24) is 10.3 Å². The Hall–Kier alpha value is -2.85. The van der Waals surface area contributed by atoms with Crippen molar-refractivity contribution in [3.05, 3.63) is 89.1 Å². The fourth-order valence-corrected chi connectivity index (χ4v) is 2.58. The zero-order valence-electron chi connectivity index (χ0n) is 13.7. The summed E-state index contributed by atoms with van der Waals surface area (Å²) in [7, 11) is 0. The molecule has 0 aliphatic rings. The van der Waals surface area contributed by atoms with Gasteiger partial charge in [-0.05, 0) is 48.9 Å². The smallest absolute Gasteiger partial charge is 0.255 e. The summed E-state index contributed by atoms with van der Waals surface area (Å²) in [6.45, 7) is 1.95. The van der Waals surface area contributed by atoms with Gasteiger partial charge in [0.05, 0.1) is 11.6 Å². The molecule has 0 radical (unpaired) electrons. The van der Waals surface area contributed by atoms with Crippen molar-refractivity contribution < 1.29 is 4.79 Å². The van der Waals surface area contributed by atoms with Crippen LogP contribution in [0.1, 0.15) is 28.9 Å². The van der Waals surface area contributed by atoms with Gasteiger partial charge in [-0.15, -0.1) is 0 Å². The Balaban J connectivity index is 1.77. The molecule has 1 unspecified atom stereocenters. The van der Waals surface area contributed by atoms with E-state index in [0.29, 0.717) is 16.4 Å². The van der Waals surface area contributed by atoms with Gasteiger partial charge < -0.3 is 10.6 Å². The molecule has 2 N–H and O–H groups in total. The van der Waals surface area contributed by atoms with Crippen LogP contribution >= 0.6 is 11.6 Å². The molecule has 3 aromatic rings. The zero-order chi connectivity index (χ0) is 17.6. The lowest BCUT2D eigenvalue weighted by Gasteiger charge is -2.16. The monoisotopic (exact) mass is 351 g/mol. The van der Waals surface area contributed by atoms with Crippen LogP contribution in [0.15, 0.2) is 72.9 Å². The number of benzene rings is 2. The van der Waals surface area contributed by atoms with Crippen molar-refractivity contribution in [1.29, 1.82) is 0 Å². The van der Waals surface area contributed by atoms with Crippen molar-refractivity contribution in [3.63, 3.8) is 0 Å². The van der Waals surface area contributed by atoms with E-state index < -0.39 is 0 Å². The van der Waals surface area contributed by atoms with Gasteiger partial charge in [0.25, 0.3) is 5.91 Å². The number of rotatable bonds is 5. The Bertz CT molecular complexity index is 850. The lowest BCUT2D eigenvalue weighted by molar-refractivity contribution is 0.0940. The molecule has 2 aromatic carbocycles. The average molecular weight is 352 g/mol. The molecular weight excluding hydrogens is 334 g/mol. The molecule has 0 aliphatic carbocycles. The fraction of sp³-hybridized carbons (Fsp3) is 0.100. The van der Waals surface area contributed by atoms with Crippen LogP contribution in [0.25, 0.3) is 0 Å². The molecule has 25 heavy (non-hydrogen) atoms. The quantitative estimate of drug-likeness (QED) is 0.682. The topological polar surface area (TPSA) is 54.0 Å². The van der Waals surface area contributed by atoms with E-state index in [4.69, 9.17) is 11.6 Å². The Morgan fingerprint density at radius 2 is 1.72 bits per heavy atom. The van der Waals surface area contributed by atoms with Gasteiger partial charge in [-0.2, -0.15) is 0 Å². The van der Waals surface area contributed by atoms with Gasteiger partial charge in [0.2, 0.25) is 0 Å². The molecule has 0 aliphatic heterocycles. The van der Waals surface area contributed by atoms with E-state index in [1.54, 1.807) is 30.5 Å². The van der Waals surface area contributed by atoms with Crippen LogP contribution in [0, 0.1) is 0 Å². The van der Waals surface area contributed by atoms with Crippen LogP contribution in [0.3, 0.4) is 0 Å². The Morgan fingerprint density at radius 1 is 1.00 bits per heavy atom. The van der Waals surface area contributed by atoms with Gasteiger partial charge in [0, 0.05) is 16.9 Å². The van der Waals surface area contributed by atoms with Crippen LogP contribution in [0.2, 0.25) is 5.02 Å². The first-order valence-electron chi connectivity index (χ1n) is 7.97. The summed E-state index contributed by atoms with van der Waals surface area (Å²) >= 11 is 5.90. The van der Waals surface area contributed by atoms with E-state index >= 15 is 0 Å². The van der Waals surface area contributed by atoms with Gasteiger partial charge in [-0.1, -0.05) is 41.9 Å². The number of anilines is 2. The number of halogens is 1. The summed E-state index contributed by atoms with van der Waals surface area (Å²) in [6.07, 6.45) is 1.65. The zero-order valence-corrected chi connectivity index (χ0v) is 14.5. The van der Waals surface area contributed by atoms with Crippen molar-refractivity contribution in [3.8, 4) is 0 Å². The number of hydrogen-bond acceptors (Lipinski definition) is 3. The maximum Gasteiger partial charge on any atom is 0.255 e. The minimum Gasteiger partial charge on any atom is -0.345 e. The van der Waals surface area contributed by atoms with Crippen molar-refractivity contribution in [2.24, 2.45) is 0 Å². The van der Waals surface area contributed by atoms with Crippen LogP contribution in [-0.4, -0.2) is 10.9 Å². The number of pyridine rings is 1. The number of aromatic nitrogens is 1. The van der Waals surface area contributed by atoms with Gasteiger partial charge in [-0.25, -0.2) is 4.98 Å². The fourth-order valence-electron chi connectivity index (χ4n) is 2.46. The molecule has 0 bridgehead atoms. The Labute approximate surface area is 151 Å². The van der Waals surface area contributed by atoms with Gasteiger partial charge in [0.15, 0.2) is 0 Å². The number of carbonyl (C=O) groups excluding carboxylic acids is 1. The molecule has 1 amide bonds. The van der Waals surface area contributed by atoms with Crippen molar-refractivity contribution in [2.75, 3.05) is 5.32 Å². The van der Waals surface area contributed by atoms with E-state index in [1.165, 1.54) is 0 Å². The number of hydrogen-bond donors (Lipinski definition) is 2. The minimum atomic E-state index is -0.180. The van der Waals surface area contributed by atoms with Crippen molar-refractivity contribution >= 4 is 29.0 Å². The SMILES string of the molecule is CC(NC(=O)c1cccnc1Nc1ccc(Cl)cc1)c1ccccc1. The van der Waals surface area contributed by atoms with E-state index in [9.17, 15) is 4.79 Å². The average Bonchev–Trinajstić information content (AvgIpc) is 2.64. The highest BCUT2D eigenvalue weighted by Gasteiger charge is 2.15. The van der Waals surface area contributed by atoms with E-state index in [2.05, 4.69) is 15.6 Å². The van der Waals surface area contributed by atoms with Crippen LogP contribution in [-0.2, 0) is 0 Å². The summed E-state index contributed by atoms with van der Waals surface area (Å²) in [4.78, 5) is 17.0. The Morgan fingerprint density at radius 3 is 2.44 bits per heavy atom. The summed E-state index contributed by atoms with van der Waals surface area (Å²) in [5.74, 6) is 0.323. The number of carbonyl (C=O) groups is 1. The normalized spacial score (nSPS) is 11.6. The molecule has 1 atom stereocenters. The first-order chi connectivity index (χ1) is 12.1. The van der Waals surface area contributed by atoms with Crippen LogP contribution < -0.4 is 10.6 Å². The first-order valence-corrected chi connectivity index (χ1v) is 8.34. The predicted octanol–water partition coefficient (Wildman–Crippen LogP) is 4.97. The first kappa shape index (κ1) is 17.0. The molecule has 0 saturated carbocycles.